The second-order valence-corrected chi connectivity index (χ2v) is 7.40. The Balaban J connectivity index is 1.51. The molecule has 4 aromatic rings. The number of nitrogens with two attached hydrogens (primary N) is 1. The third-order valence-electron chi connectivity index (χ3n) is 5.40. The first-order valence-electron chi connectivity index (χ1n) is 10.1. The molecular weight excluding hydrogens is 390 g/mol. The van der Waals surface area contributed by atoms with Crippen molar-refractivity contribution >= 4 is 34.7 Å². The van der Waals surface area contributed by atoms with Gasteiger partial charge in [0.2, 0.25) is 0 Å². The van der Waals surface area contributed by atoms with Crippen molar-refractivity contribution < 1.29 is 4.74 Å². The van der Waals surface area contributed by atoms with E-state index in [1.165, 1.54) is 6.21 Å². The SMILES string of the molecule is N=Cc1ccc(-c2cn3ccnc3c(Nc3cccc(N4CCOCC4)c3)n2)cc1N. The van der Waals surface area contributed by atoms with Gasteiger partial charge in [0.1, 0.15) is 0 Å². The number of nitrogen functional groups attached to an aromatic ring is 1. The molecule has 3 heterocycles. The van der Waals surface area contributed by atoms with Crippen LogP contribution in [-0.2, 0) is 4.74 Å². The summed E-state index contributed by atoms with van der Waals surface area (Å²) in [6, 6.07) is 13.9. The fourth-order valence-electron chi connectivity index (χ4n) is 3.76. The minimum absolute atomic E-state index is 0.549. The summed E-state index contributed by atoms with van der Waals surface area (Å²) >= 11 is 0. The molecule has 5 rings (SSSR count). The van der Waals surface area contributed by atoms with Gasteiger partial charge in [-0.3, -0.25) is 0 Å². The molecule has 8 heteroatoms. The summed E-state index contributed by atoms with van der Waals surface area (Å²) in [5.74, 6) is 0.663. The highest BCUT2D eigenvalue weighted by Crippen LogP contribution is 2.28. The monoisotopic (exact) mass is 413 g/mol. The lowest BCUT2D eigenvalue weighted by atomic mass is 10.1. The topological polar surface area (TPSA) is 105 Å². The maximum Gasteiger partial charge on any atom is 0.180 e. The first kappa shape index (κ1) is 19.1. The van der Waals surface area contributed by atoms with Gasteiger partial charge in [-0.15, -0.1) is 0 Å². The summed E-state index contributed by atoms with van der Waals surface area (Å²) in [6.45, 7) is 3.26. The molecule has 156 valence electrons. The zero-order valence-corrected chi connectivity index (χ0v) is 17.0. The van der Waals surface area contributed by atoms with Gasteiger partial charge < -0.3 is 30.5 Å². The fraction of sp³-hybridized carbons (Fsp3) is 0.174. The summed E-state index contributed by atoms with van der Waals surface area (Å²) in [6.07, 6.45) is 6.82. The Bertz CT molecular complexity index is 1240. The molecule has 0 spiro atoms. The molecule has 0 saturated carbocycles. The quantitative estimate of drug-likeness (QED) is 0.341. The average molecular weight is 413 g/mol. The van der Waals surface area contributed by atoms with E-state index in [-0.39, 0.29) is 0 Å². The third kappa shape index (κ3) is 3.80. The molecule has 1 fully saturated rings. The Hall–Kier alpha value is -3.91. The van der Waals surface area contributed by atoms with Crippen molar-refractivity contribution in [1.82, 2.24) is 14.4 Å². The number of rotatable bonds is 5. The van der Waals surface area contributed by atoms with Crippen molar-refractivity contribution in [2.45, 2.75) is 0 Å². The number of hydrogen-bond donors (Lipinski definition) is 3. The van der Waals surface area contributed by atoms with Crippen LogP contribution in [0, 0.1) is 5.41 Å². The molecule has 0 radical (unpaired) electrons. The third-order valence-corrected chi connectivity index (χ3v) is 5.40. The molecule has 1 aliphatic rings. The highest BCUT2D eigenvalue weighted by Gasteiger charge is 2.14. The van der Waals surface area contributed by atoms with E-state index in [1.807, 2.05) is 47.1 Å². The van der Waals surface area contributed by atoms with Crippen LogP contribution in [0.15, 0.2) is 61.1 Å². The minimum atomic E-state index is 0.549. The van der Waals surface area contributed by atoms with E-state index in [0.717, 1.165) is 54.6 Å². The van der Waals surface area contributed by atoms with Crippen LogP contribution in [0.3, 0.4) is 0 Å². The number of nitrogens with zero attached hydrogens (tertiary/aromatic N) is 4. The van der Waals surface area contributed by atoms with Gasteiger partial charge in [-0.05, 0) is 24.3 Å². The molecule has 2 aromatic heterocycles. The van der Waals surface area contributed by atoms with Crippen LogP contribution in [-0.4, -0.2) is 46.9 Å². The highest BCUT2D eigenvalue weighted by molar-refractivity contribution is 5.87. The Labute approximate surface area is 179 Å². The summed E-state index contributed by atoms with van der Waals surface area (Å²) < 4.78 is 7.41. The van der Waals surface area contributed by atoms with E-state index < -0.39 is 0 Å². The van der Waals surface area contributed by atoms with E-state index in [0.29, 0.717) is 17.1 Å². The second kappa shape index (κ2) is 8.08. The zero-order valence-electron chi connectivity index (χ0n) is 17.0. The van der Waals surface area contributed by atoms with Crippen LogP contribution < -0.4 is 16.0 Å². The van der Waals surface area contributed by atoms with Gasteiger partial charge in [-0.2, -0.15) is 0 Å². The zero-order chi connectivity index (χ0) is 21.2. The summed E-state index contributed by atoms with van der Waals surface area (Å²) in [4.78, 5) is 11.6. The number of imidazole rings is 1. The normalized spacial score (nSPS) is 14.0. The number of anilines is 4. The lowest BCUT2D eigenvalue weighted by Crippen LogP contribution is -2.36. The first-order valence-corrected chi connectivity index (χ1v) is 10.1. The smallest absolute Gasteiger partial charge is 0.180 e. The second-order valence-electron chi connectivity index (χ2n) is 7.40. The summed E-state index contributed by atoms with van der Waals surface area (Å²) in [7, 11) is 0. The van der Waals surface area contributed by atoms with Gasteiger partial charge in [-0.1, -0.05) is 18.2 Å². The number of aromatic nitrogens is 3. The van der Waals surface area contributed by atoms with Gasteiger partial charge in [0.05, 0.1) is 18.9 Å². The average Bonchev–Trinajstić information content (AvgIpc) is 3.29. The molecule has 0 amide bonds. The van der Waals surface area contributed by atoms with Crippen molar-refractivity contribution in [1.29, 1.82) is 5.41 Å². The Morgan fingerprint density at radius 1 is 1.13 bits per heavy atom. The molecule has 0 aliphatic carbocycles. The summed E-state index contributed by atoms with van der Waals surface area (Å²) in [5.41, 5.74) is 11.8. The molecule has 0 atom stereocenters. The van der Waals surface area contributed by atoms with Crippen LogP contribution in [0.25, 0.3) is 16.9 Å². The van der Waals surface area contributed by atoms with Crippen molar-refractivity contribution in [2.24, 2.45) is 0 Å². The first-order chi connectivity index (χ1) is 15.2. The van der Waals surface area contributed by atoms with E-state index in [9.17, 15) is 0 Å². The van der Waals surface area contributed by atoms with Crippen LogP contribution in [0.1, 0.15) is 5.56 Å². The Morgan fingerprint density at radius 2 is 2.00 bits per heavy atom. The van der Waals surface area contributed by atoms with Crippen molar-refractivity contribution in [3.63, 3.8) is 0 Å². The van der Waals surface area contributed by atoms with E-state index >= 15 is 0 Å². The predicted molar refractivity (Wildman–Crippen MR) is 123 cm³/mol. The lowest BCUT2D eigenvalue weighted by molar-refractivity contribution is 0.122. The molecule has 2 aromatic carbocycles. The molecular formula is C23H23N7O. The lowest BCUT2D eigenvalue weighted by Gasteiger charge is -2.29. The largest absolute Gasteiger partial charge is 0.398 e. The number of morpholine rings is 1. The van der Waals surface area contributed by atoms with Gasteiger partial charge in [-0.25, -0.2) is 9.97 Å². The molecule has 8 nitrogen and oxygen atoms in total. The Morgan fingerprint density at radius 3 is 2.81 bits per heavy atom. The van der Waals surface area contributed by atoms with Crippen molar-refractivity contribution in [2.75, 3.05) is 42.3 Å². The molecule has 0 bridgehead atoms. The van der Waals surface area contributed by atoms with E-state index in [4.69, 9.17) is 20.9 Å². The summed E-state index contributed by atoms with van der Waals surface area (Å²) in [5, 5.41) is 10.9. The molecule has 1 saturated heterocycles. The maximum atomic E-state index is 7.44. The van der Waals surface area contributed by atoms with Gasteiger partial charge in [0, 0.05) is 66.1 Å². The number of nitrogens with one attached hydrogen (secondary N) is 2. The molecule has 1 aliphatic heterocycles. The van der Waals surface area contributed by atoms with E-state index in [2.05, 4.69) is 27.3 Å². The molecule has 31 heavy (non-hydrogen) atoms. The minimum Gasteiger partial charge on any atom is -0.398 e. The van der Waals surface area contributed by atoms with Crippen LogP contribution >= 0.6 is 0 Å². The molecule has 0 unspecified atom stereocenters. The number of ether oxygens (including phenoxy) is 1. The fourth-order valence-corrected chi connectivity index (χ4v) is 3.76. The van der Waals surface area contributed by atoms with Crippen LogP contribution in [0.2, 0.25) is 0 Å². The van der Waals surface area contributed by atoms with E-state index in [1.54, 1.807) is 6.20 Å². The molecule has 4 N–H and O–H groups in total. The van der Waals surface area contributed by atoms with Gasteiger partial charge in [0.25, 0.3) is 0 Å². The van der Waals surface area contributed by atoms with Gasteiger partial charge in [0.15, 0.2) is 11.5 Å². The Kier molecular flexibility index (Phi) is 4.97. The number of benzene rings is 2. The van der Waals surface area contributed by atoms with Crippen molar-refractivity contribution in [3.05, 3.63) is 66.6 Å². The van der Waals surface area contributed by atoms with Crippen molar-refractivity contribution in [3.8, 4) is 11.3 Å². The van der Waals surface area contributed by atoms with Crippen LogP contribution in [0.4, 0.5) is 22.9 Å². The van der Waals surface area contributed by atoms with Gasteiger partial charge >= 0.3 is 0 Å². The highest BCUT2D eigenvalue weighted by atomic mass is 16.5. The standard InChI is InChI=1S/C23H23N7O/c24-14-17-5-4-16(12-20(17)25)21-15-30-7-6-26-23(30)22(28-21)27-18-2-1-3-19(13-18)29-8-10-31-11-9-29/h1-7,12-15,24H,8-11,25H2,(H,27,28). The predicted octanol–water partition coefficient (Wildman–Crippen LogP) is 3.56. The van der Waals surface area contributed by atoms with Crippen LogP contribution in [0.5, 0.6) is 0 Å². The number of hydrogen-bond acceptors (Lipinski definition) is 7. The maximum absolute atomic E-state index is 7.44. The number of fused-ring (bicyclic) bond motifs is 1.